The van der Waals surface area contributed by atoms with Crippen LogP contribution < -0.4 is 17.0 Å². The van der Waals surface area contributed by atoms with Crippen molar-refractivity contribution in [2.75, 3.05) is 11.5 Å². The standard InChI is InChI=1S/C18H16N4O/c19-13-3-1-11(2-4-13)9-12-7-8-22-17(12)21-16-10-14(20)5-6-15(16)18(22)23/h1-6,9-10H,7-8,19-20H2/b12-9+. The number of hydrogen-bond donors (Lipinski definition) is 2. The molecule has 2 aromatic carbocycles. The van der Waals surface area contributed by atoms with Crippen molar-refractivity contribution in [3.8, 4) is 0 Å². The van der Waals surface area contributed by atoms with Gasteiger partial charge in [0.1, 0.15) is 5.82 Å². The lowest BCUT2D eigenvalue weighted by Gasteiger charge is -2.06. The van der Waals surface area contributed by atoms with Crippen LogP contribution in [-0.2, 0) is 6.54 Å². The Balaban J connectivity index is 1.89. The van der Waals surface area contributed by atoms with E-state index in [4.69, 9.17) is 11.5 Å². The van der Waals surface area contributed by atoms with E-state index in [0.717, 1.165) is 29.1 Å². The van der Waals surface area contributed by atoms with Gasteiger partial charge in [-0.25, -0.2) is 4.98 Å². The topological polar surface area (TPSA) is 86.9 Å². The van der Waals surface area contributed by atoms with E-state index in [9.17, 15) is 4.79 Å². The van der Waals surface area contributed by atoms with Gasteiger partial charge in [0.05, 0.1) is 10.9 Å². The minimum Gasteiger partial charge on any atom is -0.399 e. The summed E-state index contributed by atoms with van der Waals surface area (Å²) in [5.41, 5.74) is 15.6. The second-order valence-corrected chi connectivity index (χ2v) is 5.76. The molecule has 0 saturated heterocycles. The first kappa shape index (κ1) is 13.6. The van der Waals surface area contributed by atoms with Crippen molar-refractivity contribution in [3.63, 3.8) is 0 Å². The maximum absolute atomic E-state index is 12.6. The number of fused-ring (bicyclic) bond motifs is 2. The molecule has 0 spiro atoms. The van der Waals surface area contributed by atoms with Crippen LogP contribution in [0.5, 0.6) is 0 Å². The number of anilines is 2. The van der Waals surface area contributed by atoms with E-state index >= 15 is 0 Å². The smallest absolute Gasteiger partial charge is 0.261 e. The van der Waals surface area contributed by atoms with Gasteiger partial charge in [-0.1, -0.05) is 12.1 Å². The van der Waals surface area contributed by atoms with Gasteiger partial charge in [-0.05, 0) is 54.0 Å². The predicted octanol–water partition coefficient (Wildman–Crippen LogP) is 2.51. The van der Waals surface area contributed by atoms with Gasteiger partial charge in [-0.15, -0.1) is 0 Å². The van der Waals surface area contributed by atoms with Crippen LogP contribution >= 0.6 is 0 Å². The van der Waals surface area contributed by atoms with Gasteiger partial charge >= 0.3 is 0 Å². The van der Waals surface area contributed by atoms with Gasteiger partial charge in [0, 0.05) is 17.9 Å². The summed E-state index contributed by atoms with van der Waals surface area (Å²) >= 11 is 0. The highest BCUT2D eigenvalue weighted by Gasteiger charge is 2.20. The van der Waals surface area contributed by atoms with Crippen molar-refractivity contribution >= 4 is 33.9 Å². The minimum absolute atomic E-state index is 0.00861. The van der Waals surface area contributed by atoms with E-state index in [1.807, 2.05) is 24.3 Å². The Bertz CT molecular complexity index is 1000. The molecule has 0 aliphatic carbocycles. The Kier molecular flexibility index (Phi) is 2.94. The average molecular weight is 304 g/mol. The molecule has 4 N–H and O–H groups in total. The Labute approximate surface area is 132 Å². The molecular formula is C18H16N4O. The van der Waals surface area contributed by atoms with Crippen LogP contribution in [0, 0.1) is 0 Å². The molecule has 114 valence electrons. The summed E-state index contributed by atoms with van der Waals surface area (Å²) in [5.74, 6) is 0.727. The number of nitrogens with zero attached hydrogens (tertiary/aromatic N) is 2. The first-order valence-corrected chi connectivity index (χ1v) is 7.48. The predicted molar refractivity (Wildman–Crippen MR) is 93.8 cm³/mol. The third-order valence-electron chi connectivity index (χ3n) is 4.15. The Hall–Kier alpha value is -3.08. The highest BCUT2D eigenvalue weighted by molar-refractivity contribution is 5.86. The Morgan fingerprint density at radius 2 is 1.78 bits per heavy atom. The summed E-state index contributed by atoms with van der Waals surface area (Å²) < 4.78 is 1.74. The SMILES string of the molecule is Nc1ccc(/C=C2\CCn3c2nc2cc(N)ccc2c3=O)cc1. The summed E-state index contributed by atoms with van der Waals surface area (Å²) in [7, 11) is 0. The Morgan fingerprint density at radius 1 is 1.04 bits per heavy atom. The second kappa shape index (κ2) is 4.98. The van der Waals surface area contributed by atoms with E-state index < -0.39 is 0 Å². The molecule has 0 bridgehead atoms. The molecule has 3 aromatic rings. The molecule has 0 saturated carbocycles. The molecule has 5 heteroatoms. The van der Waals surface area contributed by atoms with Gasteiger partial charge in [0.15, 0.2) is 0 Å². The fraction of sp³-hybridized carbons (Fsp3) is 0.111. The third-order valence-corrected chi connectivity index (χ3v) is 4.15. The summed E-state index contributed by atoms with van der Waals surface area (Å²) in [5, 5.41) is 0.608. The van der Waals surface area contributed by atoms with Crippen LogP contribution in [0.4, 0.5) is 11.4 Å². The minimum atomic E-state index is -0.00861. The lowest BCUT2D eigenvalue weighted by Crippen LogP contribution is -2.20. The molecule has 1 aliphatic rings. The summed E-state index contributed by atoms with van der Waals surface area (Å²) in [6, 6.07) is 12.9. The van der Waals surface area contributed by atoms with E-state index in [1.54, 1.807) is 22.8 Å². The lowest BCUT2D eigenvalue weighted by molar-refractivity contribution is 0.725. The van der Waals surface area contributed by atoms with Crippen molar-refractivity contribution in [3.05, 3.63) is 64.2 Å². The highest BCUT2D eigenvalue weighted by Crippen LogP contribution is 2.28. The molecule has 4 rings (SSSR count). The Morgan fingerprint density at radius 3 is 2.57 bits per heavy atom. The number of allylic oxidation sites excluding steroid dienone is 1. The lowest BCUT2D eigenvalue weighted by atomic mass is 10.1. The molecule has 23 heavy (non-hydrogen) atoms. The average Bonchev–Trinajstić information content (AvgIpc) is 2.93. The quantitative estimate of drug-likeness (QED) is 0.676. The monoisotopic (exact) mass is 304 g/mol. The molecule has 2 heterocycles. The fourth-order valence-electron chi connectivity index (χ4n) is 2.96. The van der Waals surface area contributed by atoms with E-state index in [2.05, 4.69) is 11.1 Å². The summed E-state index contributed by atoms with van der Waals surface area (Å²) in [4.78, 5) is 17.3. The molecule has 0 unspecified atom stereocenters. The van der Waals surface area contributed by atoms with Gasteiger partial charge in [0.25, 0.3) is 5.56 Å². The molecule has 1 aliphatic heterocycles. The van der Waals surface area contributed by atoms with Crippen molar-refractivity contribution in [1.29, 1.82) is 0 Å². The normalized spacial score (nSPS) is 15.2. The number of hydrogen-bond acceptors (Lipinski definition) is 4. The molecule has 0 atom stereocenters. The van der Waals surface area contributed by atoms with Crippen molar-refractivity contribution in [1.82, 2.24) is 9.55 Å². The van der Waals surface area contributed by atoms with Crippen LogP contribution in [0.1, 0.15) is 17.8 Å². The zero-order chi connectivity index (χ0) is 16.0. The first-order valence-electron chi connectivity index (χ1n) is 7.48. The van der Waals surface area contributed by atoms with Crippen LogP contribution in [0.15, 0.2) is 47.3 Å². The van der Waals surface area contributed by atoms with Gasteiger partial charge in [-0.2, -0.15) is 0 Å². The molecule has 0 fully saturated rings. The van der Waals surface area contributed by atoms with Crippen LogP contribution in [0.3, 0.4) is 0 Å². The number of benzene rings is 2. The maximum atomic E-state index is 12.6. The molecule has 0 radical (unpaired) electrons. The molecular weight excluding hydrogens is 288 g/mol. The zero-order valence-corrected chi connectivity index (χ0v) is 12.5. The van der Waals surface area contributed by atoms with E-state index in [1.165, 1.54) is 0 Å². The van der Waals surface area contributed by atoms with Crippen LogP contribution in [-0.4, -0.2) is 9.55 Å². The highest BCUT2D eigenvalue weighted by atomic mass is 16.1. The molecule has 5 nitrogen and oxygen atoms in total. The van der Waals surface area contributed by atoms with E-state index in [0.29, 0.717) is 23.1 Å². The maximum Gasteiger partial charge on any atom is 0.261 e. The second-order valence-electron chi connectivity index (χ2n) is 5.76. The third kappa shape index (κ3) is 2.26. The largest absolute Gasteiger partial charge is 0.399 e. The molecule has 1 aromatic heterocycles. The zero-order valence-electron chi connectivity index (χ0n) is 12.5. The summed E-state index contributed by atoms with van der Waals surface area (Å²) in [6.45, 7) is 0.655. The fourth-order valence-corrected chi connectivity index (χ4v) is 2.96. The van der Waals surface area contributed by atoms with Crippen molar-refractivity contribution in [2.45, 2.75) is 13.0 Å². The van der Waals surface area contributed by atoms with Gasteiger partial charge < -0.3 is 11.5 Å². The van der Waals surface area contributed by atoms with Crippen LogP contribution in [0.25, 0.3) is 22.6 Å². The number of nitrogens with two attached hydrogens (primary N) is 2. The van der Waals surface area contributed by atoms with Gasteiger partial charge in [0.2, 0.25) is 0 Å². The van der Waals surface area contributed by atoms with Gasteiger partial charge in [-0.3, -0.25) is 9.36 Å². The van der Waals surface area contributed by atoms with Crippen molar-refractivity contribution < 1.29 is 0 Å². The molecule has 0 amide bonds. The number of aromatic nitrogens is 2. The van der Waals surface area contributed by atoms with E-state index in [-0.39, 0.29) is 5.56 Å². The summed E-state index contributed by atoms with van der Waals surface area (Å²) in [6.07, 6.45) is 2.85. The van der Waals surface area contributed by atoms with Crippen LogP contribution in [0.2, 0.25) is 0 Å². The van der Waals surface area contributed by atoms with Crippen molar-refractivity contribution in [2.24, 2.45) is 0 Å². The number of rotatable bonds is 1. The number of nitrogen functional groups attached to an aromatic ring is 2. The first-order chi connectivity index (χ1) is 11.1.